The van der Waals surface area contributed by atoms with Crippen LogP contribution in [0.4, 0.5) is 0 Å². The molecule has 1 saturated heterocycles. The van der Waals surface area contributed by atoms with Crippen LogP contribution in [0.1, 0.15) is 31.7 Å². The average Bonchev–Trinajstić information content (AvgIpc) is 3.11. The molecule has 2 heterocycles. The van der Waals surface area contributed by atoms with E-state index < -0.39 is 0 Å². The summed E-state index contributed by atoms with van der Waals surface area (Å²) in [6.45, 7) is 3.80. The third kappa shape index (κ3) is 3.42. The molecule has 1 atom stereocenters. The monoisotopic (exact) mass is 314 g/mol. The number of hydrogen-bond donors (Lipinski definition) is 1. The van der Waals surface area contributed by atoms with Crippen LogP contribution in [-0.4, -0.2) is 41.1 Å². The molecule has 1 aromatic heterocycles. The Hall–Kier alpha value is -2.21. The molecule has 122 valence electrons. The number of amides is 1. The van der Waals surface area contributed by atoms with Gasteiger partial charge in [-0.15, -0.1) is 10.2 Å². The van der Waals surface area contributed by atoms with E-state index in [9.17, 15) is 4.79 Å². The predicted molar refractivity (Wildman–Crippen MR) is 86.5 cm³/mol. The molecule has 0 bridgehead atoms. The Labute approximate surface area is 135 Å². The second kappa shape index (κ2) is 6.91. The van der Waals surface area contributed by atoms with Gasteiger partial charge in [0.05, 0.1) is 6.04 Å². The van der Waals surface area contributed by atoms with Crippen molar-refractivity contribution in [1.29, 1.82) is 0 Å². The van der Waals surface area contributed by atoms with Crippen molar-refractivity contribution in [1.82, 2.24) is 20.4 Å². The van der Waals surface area contributed by atoms with Crippen LogP contribution in [0.25, 0.3) is 11.5 Å². The minimum atomic E-state index is 0.0607. The van der Waals surface area contributed by atoms with Crippen LogP contribution in [0.3, 0.4) is 0 Å². The number of benzene rings is 1. The summed E-state index contributed by atoms with van der Waals surface area (Å²) in [4.78, 5) is 14.0. The lowest BCUT2D eigenvalue weighted by molar-refractivity contribution is -0.126. The Morgan fingerprint density at radius 3 is 2.61 bits per heavy atom. The van der Waals surface area contributed by atoms with E-state index in [1.54, 1.807) is 7.05 Å². The molecule has 2 aromatic rings. The normalized spacial score (nSPS) is 17.8. The van der Waals surface area contributed by atoms with E-state index in [-0.39, 0.29) is 17.9 Å². The van der Waals surface area contributed by atoms with Crippen molar-refractivity contribution < 1.29 is 9.21 Å². The van der Waals surface area contributed by atoms with Crippen LogP contribution in [0.2, 0.25) is 0 Å². The van der Waals surface area contributed by atoms with E-state index >= 15 is 0 Å². The molecule has 0 spiro atoms. The molecule has 0 aliphatic carbocycles. The molecule has 6 heteroatoms. The second-order valence-corrected chi connectivity index (χ2v) is 5.91. The summed E-state index contributed by atoms with van der Waals surface area (Å²) in [5, 5.41) is 11.1. The van der Waals surface area contributed by atoms with E-state index in [4.69, 9.17) is 4.42 Å². The number of nitrogens with zero attached hydrogens (tertiary/aromatic N) is 3. The Bertz CT molecular complexity index is 648. The molecule has 1 aromatic carbocycles. The lowest BCUT2D eigenvalue weighted by atomic mass is 9.95. The highest BCUT2D eigenvalue weighted by atomic mass is 16.4. The van der Waals surface area contributed by atoms with Gasteiger partial charge in [0.2, 0.25) is 17.7 Å². The van der Waals surface area contributed by atoms with Gasteiger partial charge in [-0.05, 0) is 45.0 Å². The number of aromatic nitrogens is 2. The third-order valence-electron chi connectivity index (χ3n) is 4.51. The van der Waals surface area contributed by atoms with Crippen molar-refractivity contribution in [2.75, 3.05) is 20.1 Å². The molecule has 0 unspecified atom stereocenters. The van der Waals surface area contributed by atoms with Crippen LogP contribution in [0.15, 0.2) is 34.7 Å². The summed E-state index contributed by atoms with van der Waals surface area (Å²) < 4.78 is 5.84. The zero-order chi connectivity index (χ0) is 16.2. The van der Waals surface area contributed by atoms with Crippen LogP contribution in [0, 0.1) is 5.92 Å². The van der Waals surface area contributed by atoms with Gasteiger partial charge in [-0.3, -0.25) is 9.69 Å². The maximum absolute atomic E-state index is 11.7. The highest BCUT2D eigenvalue weighted by Crippen LogP contribution is 2.27. The molecule has 6 nitrogen and oxygen atoms in total. The third-order valence-corrected chi connectivity index (χ3v) is 4.51. The zero-order valence-corrected chi connectivity index (χ0v) is 13.5. The van der Waals surface area contributed by atoms with Crippen molar-refractivity contribution in [2.24, 2.45) is 5.92 Å². The summed E-state index contributed by atoms with van der Waals surface area (Å²) in [5.41, 5.74) is 0.928. The van der Waals surface area contributed by atoms with Crippen LogP contribution < -0.4 is 5.32 Å². The molecular formula is C17H22N4O2. The maximum Gasteiger partial charge on any atom is 0.247 e. The van der Waals surface area contributed by atoms with E-state index in [0.717, 1.165) is 31.5 Å². The number of piperidine rings is 1. The largest absolute Gasteiger partial charge is 0.419 e. The van der Waals surface area contributed by atoms with Crippen LogP contribution in [-0.2, 0) is 4.79 Å². The minimum absolute atomic E-state index is 0.0607. The van der Waals surface area contributed by atoms with E-state index in [2.05, 4.69) is 27.3 Å². The van der Waals surface area contributed by atoms with Gasteiger partial charge in [0, 0.05) is 18.5 Å². The first-order valence-electron chi connectivity index (χ1n) is 8.03. The molecular weight excluding hydrogens is 292 g/mol. The number of hydrogen-bond acceptors (Lipinski definition) is 5. The van der Waals surface area contributed by atoms with Crippen molar-refractivity contribution in [3.63, 3.8) is 0 Å². The molecule has 1 amide bonds. The lowest BCUT2D eigenvalue weighted by Gasteiger charge is -2.33. The summed E-state index contributed by atoms with van der Waals surface area (Å²) in [7, 11) is 1.70. The van der Waals surface area contributed by atoms with Crippen molar-refractivity contribution in [3.8, 4) is 11.5 Å². The summed E-state index contributed by atoms with van der Waals surface area (Å²) in [6, 6.07) is 9.83. The SMILES string of the molecule is CNC(=O)C1CCN([C@@H](C)c2nnc(-c3ccccc3)o2)CC1. The molecule has 1 N–H and O–H groups in total. The van der Waals surface area contributed by atoms with E-state index in [1.165, 1.54) is 0 Å². The van der Waals surface area contributed by atoms with Crippen LogP contribution in [0.5, 0.6) is 0 Å². The first-order chi connectivity index (χ1) is 11.2. The van der Waals surface area contributed by atoms with Crippen molar-refractivity contribution in [2.45, 2.75) is 25.8 Å². The zero-order valence-electron chi connectivity index (χ0n) is 13.5. The highest BCUT2D eigenvalue weighted by molar-refractivity contribution is 5.78. The lowest BCUT2D eigenvalue weighted by Crippen LogP contribution is -2.40. The number of likely N-dealkylation sites (tertiary alicyclic amines) is 1. The fraction of sp³-hybridized carbons (Fsp3) is 0.471. The van der Waals surface area contributed by atoms with Gasteiger partial charge in [0.15, 0.2) is 0 Å². The molecule has 1 fully saturated rings. The molecule has 3 rings (SSSR count). The van der Waals surface area contributed by atoms with E-state index in [1.807, 2.05) is 30.3 Å². The smallest absolute Gasteiger partial charge is 0.247 e. The quantitative estimate of drug-likeness (QED) is 0.937. The first-order valence-corrected chi connectivity index (χ1v) is 8.03. The Kier molecular flexibility index (Phi) is 4.71. The number of carbonyl (C=O) groups is 1. The van der Waals surface area contributed by atoms with Crippen LogP contribution >= 0.6 is 0 Å². The van der Waals surface area contributed by atoms with Gasteiger partial charge < -0.3 is 9.73 Å². The fourth-order valence-corrected chi connectivity index (χ4v) is 3.01. The Morgan fingerprint density at radius 1 is 1.26 bits per heavy atom. The van der Waals surface area contributed by atoms with Gasteiger partial charge in [-0.1, -0.05) is 18.2 Å². The van der Waals surface area contributed by atoms with Gasteiger partial charge in [0.1, 0.15) is 0 Å². The van der Waals surface area contributed by atoms with Gasteiger partial charge in [-0.25, -0.2) is 0 Å². The van der Waals surface area contributed by atoms with Gasteiger partial charge in [-0.2, -0.15) is 0 Å². The predicted octanol–water partition coefficient (Wildman–Crippen LogP) is 2.26. The van der Waals surface area contributed by atoms with Crippen molar-refractivity contribution >= 4 is 5.91 Å². The number of rotatable bonds is 4. The van der Waals surface area contributed by atoms with Crippen molar-refractivity contribution in [3.05, 3.63) is 36.2 Å². The first kappa shape index (κ1) is 15.7. The van der Waals surface area contributed by atoms with Gasteiger partial charge >= 0.3 is 0 Å². The molecule has 0 saturated carbocycles. The minimum Gasteiger partial charge on any atom is -0.419 e. The number of carbonyl (C=O) groups excluding carboxylic acids is 1. The summed E-state index contributed by atoms with van der Waals surface area (Å²) >= 11 is 0. The summed E-state index contributed by atoms with van der Waals surface area (Å²) in [5.74, 6) is 1.43. The van der Waals surface area contributed by atoms with E-state index in [0.29, 0.717) is 11.8 Å². The second-order valence-electron chi connectivity index (χ2n) is 5.91. The summed E-state index contributed by atoms with van der Waals surface area (Å²) in [6.07, 6.45) is 1.73. The average molecular weight is 314 g/mol. The number of nitrogens with one attached hydrogen (secondary N) is 1. The molecule has 0 radical (unpaired) electrons. The standard InChI is InChI=1S/C17H22N4O2/c1-12(21-10-8-13(9-11-21)15(22)18-2)16-19-20-17(23-16)14-6-4-3-5-7-14/h3-7,12-13H,8-11H2,1-2H3,(H,18,22)/t12-/m0/s1. The molecule has 1 aliphatic rings. The Morgan fingerprint density at radius 2 is 1.96 bits per heavy atom. The topological polar surface area (TPSA) is 71.3 Å². The fourth-order valence-electron chi connectivity index (χ4n) is 3.01. The maximum atomic E-state index is 11.7. The molecule has 1 aliphatic heterocycles. The molecule has 23 heavy (non-hydrogen) atoms. The highest BCUT2D eigenvalue weighted by Gasteiger charge is 2.29. The van der Waals surface area contributed by atoms with Gasteiger partial charge in [0.25, 0.3) is 0 Å². The Balaban J connectivity index is 1.64.